The molecule has 0 fully saturated rings. The number of ether oxygens (including phenoxy) is 4. The number of methoxy groups -OCH3 is 2. The minimum absolute atomic E-state index is 0.220. The number of thiophene rings is 2. The molecule has 2 aromatic carbocycles. The summed E-state index contributed by atoms with van der Waals surface area (Å²) in [6, 6.07) is 9.74. The highest BCUT2D eigenvalue weighted by atomic mass is 32.1. The van der Waals surface area contributed by atoms with Crippen molar-refractivity contribution in [3.63, 3.8) is 0 Å². The van der Waals surface area contributed by atoms with E-state index in [1.54, 1.807) is 59.7 Å². The van der Waals surface area contributed by atoms with Gasteiger partial charge in [-0.15, -0.1) is 22.7 Å². The molecule has 0 saturated heterocycles. The van der Waals surface area contributed by atoms with Gasteiger partial charge in [0.2, 0.25) is 0 Å². The fourth-order valence-electron chi connectivity index (χ4n) is 5.46. The Morgan fingerprint density at radius 3 is 1.98 bits per heavy atom. The monoisotopic (exact) mass is 610 g/mol. The van der Waals surface area contributed by atoms with Crippen LogP contribution in [0.1, 0.15) is 45.1 Å². The fourth-order valence-corrected chi connectivity index (χ4v) is 8.21. The quantitative estimate of drug-likeness (QED) is 0.233. The van der Waals surface area contributed by atoms with E-state index in [1.807, 2.05) is 25.1 Å². The SMILES string of the molecule is CCOC(=O)N1CCc2c(sc3c(OC)ccc(C=O)c23)C1.CCOC(=O)N1CCc2c(sc3c(OC)cccc23)C1. The maximum absolute atomic E-state index is 11.9. The zero-order chi connectivity index (χ0) is 29.8. The van der Waals surface area contributed by atoms with Crippen LogP contribution in [0.15, 0.2) is 30.3 Å². The van der Waals surface area contributed by atoms with Gasteiger partial charge in [0.1, 0.15) is 11.5 Å². The second-order valence-corrected chi connectivity index (χ2v) is 12.0. The lowest BCUT2D eigenvalue weighted by atomic mass is 10.00. The zero-order valence-corrected chi connectivity index (χ0v) is 25.8. The molecule has 0 N–H and O–H groups in total. The van der Waals surface area contributed by atoms with Gasteiger partial charge in [0.25, 0.3) is 0 Å². The van der Waals surface area contributed by atoms with Crippen molar-refractivity contribution in [3.8, 4) is 11.5 Å². The third-order valence-corrected chi connectivity index (χ3v) is 9.91. The lowest BCUT2D eigenvalue weighted by Gasteiger charge is -2.26. The number of rotatable bonds is 5. The summed E-state index contributed by atoms with van der Waals surface area (Å²) in [5.41, 5.74) is 3.18. The number of amides is 2. The molecule has 11 heteroatoms. The van der Waals surface area contributed by atoms with Gasteiger partial charge >= 0.3 is 12.2 Å². The van der Waals surface area contributed by atoms with Crippen molar-refractivity contribution in [2.45, 2.75) is 39.8 Å². The van der Waals surface area contributed by atoms with E-state index in [1.165, 1.54) is 20.5 Å². The summed E-state index contributed by atoms with van der Waals surface area (Å²) < 4.78 is 23.1. The normalized spacial score (nSPS) is 14.0. The molecular formula is C31H34N2O7S2. The Balaban J connectivity index is 0.000000169. The van der Waals surface area contributed by atoms with Crippen LogP contribution in [0.25, 0.3) is 20.2 Å². The van der Waals surface area contributed by atoms with Crippen molar-refractivity contribution < 1.29 is 33.3 Å². The summed E-state index contributed by atoms with van der Waals surface area (Å²) >= 11 is 3.30. The molecule has 9 nitrogen and oxygen atoms in total. The highest BCUT2D eigenvalue weighted by Crippen LogP contribution is 2.42. The Kier molecular flexibility index (Phi) is 9.18. The summed E-state index contributed by atoms with van der Waals surface area (Å²) in [6.45, 7) is 6.90. The first-order valence-electron chi connectivity index (χ1n) is 13.9. The van der Waals surface area contributed by atoms with E-state index in [9.17, 15) is 14.4 Å². The van der Waals surface area contributed by atoms with Gasteiger partial charge in [-0.1, -0.05) is 12.1 Å². The molecular weight excluding hydrogens is 576 g/mol. The molecule has 0 atom stereocenters. The van der Waals surface area contributed by atoms with Gasteiger partial charge in [0, 0.05) is 33.8 Å². The predicted molar refractivity (Wildman–Crippen MR) is 164 cm³/mol. The number of carbonyl (C=O) groups is 3. The van der Waals surface area contributed by atoms with Crippen LogP contribution in [0, 0.1) is 0 Å². The summed E-state index contributed by atoms with van der Waals surface area (Å²) in [5.74, 6) is 1.67. The summed E-state index contributed by atoms with van der Waals surface area (Å²) in [6.07, 6.45) is 1.98. The Bertz CT molecular complexity index is 1630. The molecule has 2 aliphatic rings. The molecule has 42 heavy (non-hydrogen) atoms. The second kappa shape index (κ2) is 13.0. The first kappa shape index (κ1) is 29.7. The number of carbonyl (C=O) groups excluding carboxylic acids is 3. The number of hydrogen-bond acceptors (Lipinski definition) is 9. The van der Waals surface area contributed by atoms with Gasteiger partial charge in [-0.2, -0.15) is 0 Å². The maximum Gasteiger partial charge on any atom is 0.410 e. The molecule has 0 saturated carbocycles. The van der Waals surface area contributed by atoms with Crippen molar-refractivity contribution in [2.24, 2.45) is 0 Å². The first-order valence-corrected chi connectivity index (χ1v) is 15.5. The van der Waals surface area contributed by atoms with Gasteiger partial charge < -0.3 is 28.7 Å². The molecule has 0 aliphatic carbocycles. The molecule has 0 spiro atoms. The Morgan fingerprint density at radius 1 is 0.810 bits per heavy atom. The van der Waals surface area contributed by atoms with Crippen LogP contribution < -0.4 is 9.47 Å². The molecule has 6 rings (SSSR count). The Hall–Kier alpha value is -3.83. The molecule has 0 bridgehead atoms. The molecule has 222 valence electrons. The molecule has 4 heterocycles. The van der Waals surface area contributed by atoms with Crippen LogP contribution in [0.3, 0.4) is 0 Å². The molecule has 2 aliphatic heterocycles. The number of benzene rings is 2. The summed E-state index contributed by atoms with van der Waals surface area (Å²) in [7, 11) is 3.32. The topological polar surface area (TPSA) is 94.6 Å². The number of hydrogen-bond donors (Lipinski definition) is 0. The molecule has 2 aromatic heterocycles. The van der Waals surface area contributed by atoms with Crippen LogP contribution in [-0.2, 0) is 35.4 Å². The van der Waals surface area contributed by atoms with Gasteiger partial charge in [0.05, 0.1) is 49.9 Å². The van der Waals surface area contributed by atoms with Gasteiger partial charge in [-0.3, -0.25) is 4.79 Å². The Labute approximate surface area is 252 Å². The van der Waals surface area contributed by atoms with Crippen LogP contribution in [0.4, 0.5) is 9.59 Å². The van der Waals surface area contributed by atoms with Crippen molar-refractivity contribution >= 4 is 61.3 Å². The molecule has 0 radical (unpaired) electrons. The van der Waals surface area contributed by atoms with Gasteiger partial charge in [-0.05, 0) is 61.4 Å². The molecule has 4 aromatic rings. The van der Waals surface area contributed by atoms with Crippen LogP contribution in [0.5, 0.6) is 11.5 Å². The zero-order valence-electron chi connectivity index (χ0n) is 24.2. The molecule has 2 amide bonds. The lowest BCUT2D eigenvalue weighted by Crippen LogP contribution is -2.35. The van der Waals surface area contributed by atoms with E-state index in [0.717, 1.165) is 57.7 Å². The van der Waals surface area contributed by atoms with Crippen molar-refractivity contribution in [1.29, 1.82) is 0 Å². The maximum atomic E-state index is 11.9. The smallest absolute Gasteiger partial charge is 0.410 e. The van der Waals surface area contributed by atoms with E-state index in [2.05, 4.69) is 6.07 Å². The number of nitrogens with zero attached hydrogens (tertiary/aromatic N) is 2. The average Bonchev–Trinajstić information content (AvgIpc) is 3.59. The fraction of sp³-hybridized carbons (Fsp3) is 0.387. The molecule has 0 unspecified atom stereocenters. The second-order valence-electron chi connectivity index (χ2n) is 9.76. The Morgan fingerprint density at radius 2 is 1.38 bits per heavy atom. The van der Waals surface area contributed by atoms with E-state index in [0.29, 0.717) is 38.4 Å². The van der Waals surface area contributed by atoms with Gasteiger partial charge in [0.15, 0.2) is 6.29 Å². The van der Waals surface area contributed by atoms with E-state index < -0.39 is 0 Å². The van der Waals surface area contributed by atoms with Crippen molar-refractivity contribution in [2.75, 3.05) is 40.5 Å². The highest BCUT2D eigenvalue weighted by Gasteiger charge is 2.28. The summed E-state index contributed by atoms with van der Waals surface area (Å²) in [5, 5.41) is 2.23. The lowest BCUT2D eigenvalue weighted by molar-refractivity contribution is 0.102. The van der Waals surface area contributed by atoms with E-state index in [4.69, 9.17) is 18.9 Å². The highest BCUT2D eigenvalue weighted by molar-refractivity contribution is 7.20. The van der Waals surface area contributed by atoms with E-state index in [-0.39, 0.29) is 12.2 Å². The minimum Gasteiger partial charge on any atom is -0.495 e. The largest absolute Gasteiger partial charge is 0.495 e. The predicted octanol–water partition coefficient (Wildman–Crippen LogP) is 6.66. The number of fused-ring (bicyclic) bond motifs is 6. The third kappa shape index (κ3) is 5.63. The average molecular weight is 611 g/mol. The van der Waals surface area contributed by atoms with Crippen molar-refractivity contribution in [1.82, 2.24) is 9.80 Å². The van der Waals surface area contributed by atoms with Crippen LogP contribution >= 0.6 is 22.7 Å². The number of aldehydes is 1. The van der Waals surface area contributed by atoms with E-state index >= 15 is 0 Å². The van der Waals surface area contributed by atoms with Crippen LogP contribution in [-0.4, -0.2) is 68.8 Å². The van der Waals surface area contributed by atoms with Crippen LogP contribution in [0.2, 0.25) is 0 Å². The first-order chi connectivity index (χ1) is 20.4. The van der Waals surface area contributed by atoms with Gasteiger partial charge in [-0.25, -0.2) is 9.59 Å². The minimum atomic E-state index is -0.284. The van der Waals surface area contributed by atoms with Crippen molar-refractivity contribution in [3.05, 3.63) is 56.8 Å². The third-order valence-electron chi connectivity index (χ3n) is 7.43. The summed E-state index contributed by atoms with van der Waals surface area (Å²) in [4.78, 5) is 40.9. The standard InChI is InChI=1S/C16H17NO4S.C15H17NO3S/c1-3-21-16(19)17-7-6-11-13(8-17)22-15-12(20-2)5-4-10(9-18)14(11)15;1-3-19-15(17)16-8-7-10-11-5-4-6-12(18-2)14(11)20-13(10)9-16/h4-5,9H,3,6-8H2,1-2H3;4-6H,3,7-9H2,1-2H3.